The second-order valence-electron chi connectivity index (χ2n) is 9.32. The van der Waals surface area contributed by atoms with Crippen molar-refractivity contribution in [2.45, 2.75) is 64.5 Å². The van der Waals surface area contributed by atoms with E-state index in [-0.39, 0.29) is 35.6 Å². The van der Waals surface area contributed by atoms with Gasteiger partial charge in [0.1, 0.15) is 6.04 Å². The number of likely N-dealkylation sites (tertiary alicyclic amines) is 1. The van der Waals surface area contributed by atoms with Crippen LogP contribution in [0.25, 0.3) is 0 Å². The quantitative estimate of drug-likeness (QED) is 0.523. The highest BCUT2D eigenvalue weighted by Gasteiger charge is 2.31. The minimum Gasteiger partial charge on any atom is -0.351 e. The van der Waals surface area contributed by atoms with Crippen LogP contribution in [0.5, 0.6) is 0 Å². The van der Waals surface area contributed by atoms with Crippen LogP contribution in [0.15, 0.2) is 54.6 Å². The first-order valence-corrected chi connectivity index (χ1v) is 12.9. The van der Waals surface area contributed by atoms with Crippen LogP contribution in [-0.2, 0) is 9.59 Å². The smallest absolute Gasteiger partial charge is 0.251 e. The Labute approximate surface area is 213 Å². The molecule has 0 saturated carbocycles. The summed E-state index contributed by atoms with van der Waals surface area (Å²) in [6, 6.07) is 15.9. The average Bonchev–Trinajstić information content (AvgIpc) is 2.88. The predicted molar refractivity (Wildman–Crippen MR) is 139 cm³/mol. The first kappa shape index (κ1) is 26.7. The molecule has 6 nitrogen and oxygen atoms in total. The number of carbonyl (C=O) groups excluding carboxylic acids is 3. The highest BCUT2D eigenvalue weighted by molar-refractivity contribution is 6.30. The lowest BCUT2D eigenvalue weighted by Gasteiger charge is -2.35. The number of nitrogens with one attached hydrogen (secondary N) is 2. The molecule has 2 aromatic rings. The molecule has 2 N–H and O–H groups in total. The largest absolute Gasteiger partial charge is 0.351 e. The second kappa shape index (κ2) is 12.7. The molecular formula is C28H36ClN3O3. The molecule has 1 aliphatic heterocycles. The number of piperidine rings is 1. The Balaban J connectivity index is 1.57. The lowest BCUT2D eigenvalue weighted by molar-refractivity contribution is -0.134. The van der Waals surface area contributed by atoms with Crippen LogP contribution in [0.2, 0.25) is 5.02 Å². The van der Waals surface area contributed by atoms with E-state index in [0.29, 0.717) is 36.5 Å². The molecule has 0 bridgehead atoms. The summed E-state index contributed by atoms with van der Waals surface area (Å²) in [5.74, 6) is -0.489. The molecule has 0 aliphatic carbocycles. The maximum atomic E-state index is 13.2. The minimum absolute atomic E-state index is 0.0240. The van der Waals surface area contributed by atoms with Crippen molar-refractivity contribution in [3.63, 3.8) is 0 Å². The van der Waals surface area contributed by atoms with E-state index < -0.39 is 6.04 Å². The molecule has 1 heterocycles. The van der Waals surface area contributed by atoms with Crippen molar-refractivity contribution in [2.24, 2.45) is 5.92 Å². The van der Waals surface area contributed by atoms with Crippen molar-refractivity contribution in [1.82, 2.24) is 15.5 Å². The summed E-state index contributed by atoms with van der Waals surface area (Å²) in [5.41, 5.74) is 1.51. The average molecular weight is 498 g/mol. The molecule has 3 atom stereocenters. The van der Waals surface area contributed by atoms with E-state index in [9.17, 15) is 14.4 Å². The van der Waals surface area contributed by atoms with Crippen molar-refractivity contribution in [1.29, 1.82) is 0 Å². The van der Waals surface area contributed by atoms with Gasteiger partial charge in [0, 0.05) is 29.7 Å². The van der Waals surface area contributed by atoms with E-state index in [1.165, 1.54) is 0 Å². The fourth-order valence-corrected chi connectivity index (χ4v) is 4.65. The SMILES string of the molecule is CCC(C(=O)N1CCC(NC(=O)C(NC(=O)c2ccc(Cl)cc2)C(C)CC)CC1)c1ccccc1. The molecule has 1 aliphatic rings. The summed E-state index contributed by atoms with van der Waals surface area (Å²) in [5, 5.41) is 6.58. The summed E-state index contributed by atoms with van der Waals surface area (Å²) in [7, 11) is 0. The minimum atomic E-state index is -0.634. The molecule has 35 heavy (non-hydrogen) atoms. The first-order chi connectivity index (χ1) is 16.8. The standard InChI is InChI=1S/C28H36ClN3O3/c1-4-19(3)25(31-26(33)21-11-13-22(29)14-12-21)27(34)30-23-15-17-32(18-16-23)28(35)24(5-2)20-9-7-6-8-10-20/h6-14,19,23-25H,4-5,15-18H2,1-3H3,(H,30,34)(H,31,33). The molecule has 188 valence electrons. The second-order valence-corrected chi connectivity index (χ2v) is 9.76. The third-order valence-corrected chi connectivity index (χ3v) is 7.20. The summed E-state index contributed by atoms with van der Waals surface area (Å²) in [6.07, 6.45) is 2.90. The Bertz CT molecular complexity index is 988. The molecule has 0 spiro atoms. The van der Waals surface area contributed by atoms with Gasteiger partial charge in [0.15, 0.2) is 0 Å². The Morgan fingerprint density at radius 3 is 2.17 bits per heavy atom. The topological polar surface area (TPSA) is 78.5 Å². The number of nitrogens with zero attached hydrogens (tertiary/aromatic N) is 1. The number of amides is 3. The summed E-state index contributed by atoms with van der Waals surface area (Å²) >= 11 is 5.92. The van der Waals surface area contributed by atoms with Crippen LogP contribution < -0.4 is 10.6 Å². The molecule has 7 heteroatoms. The maximum absolute atomic E-state index is 13.2. The van der Waals surface area contributed by atoms with Gasteiger partial charge in [-0.2, -0.15) is 0 Å². The fourth-order valence-electron chi connectivity index (χ4n) is 4.52. The molecule has 0 radical (unpaired) electrons. The van der Waals surface area contributed by atoms with Crippen molar-refractivity contribution in [3.8, 4) is 0 Å². The third kappa shape index (κ3) is 7.07. The van der Waals surface area contributed by atoms with Crippen molar-refractivity contribution >= 4 is 29.3 Å². The van der Waals surface area contributed by atoms with Crippen molar-refractivity contribution < 1.29 is 14.4 Å². The van der Waals surface area contributed by atoms with E-state index in [0.717, 1.165) is 18.4 Å². The van der Waals surface area contributed by atoms with Crippen LogP contribution >= 0.6 is 11.6 Å². The Morgan fingerprint density at radius 1 is 0.971 bits per heavy atom. The maximum Gasteiger partial charge on any atom is 0.251 e. The zero-order valence-corrected chi connectivity index (χ0v) is 21.6. The number of halogens is 1. The van der Waals surface area contributed by atoms with Gasteiger partial charge in [-0.25, -0.2) is 0 Å². The highest BCUT2D eigenvalue weighted by atomic mass is 35.5. The van der Waals surface area contributed by atoms with E-state index in [2.05, 4.69) is 10.6 Å². The van der Waals surface area contributed by atoms with Gasteiger partial charge >= 0.3 is 0 Å². The molecule has 2 aromatic carbocycles. The molecule has 3 unspecified atom stereocenters. The van der Waals surface area contributed by atoms with E-state index in [1.54, 1.807) is 24.3 Å². The van der Waals surface area contributed by atoms with Crippen molar-refractivity contribution in [2.75, 3.05) is 13.1 Å². The monoisotopic (exact) mass is 497 g/mol. The van der Waals surface area contributed by atoms with Crippen LogP contribution in [-0.4, -0.2) is 47.8 Å². The molecule has 0 aromatic heterocycles. The number of rotatable bonds is 9. The number of benzene rings is 2. The Kier molecular flexibility index (Phi) is 9.73. The van der Waals surface area contributed by atoms with Gasteiger partial charge in [-0.3, -0.25) is 14.4 Å². The molecule has 3 amide bonds. The van der Waals surface area contributed by atoms with E-state index in [4.69, 9.17) is 11.6 Å². The lowest BCUT2D eigenvalue weighted by atomic mass is 9.93. The fraction of sp³-hybridized carbons (Fsp3) is 0.464. The van der Waals surface area contributed by atoms with Crippen LogP contribution in [0.3, 0.4) is 0 Å². The van der Waals surface area contributed by atoms with Gasteiger partial charge in [0.05, 0.1) is 5.92 Å². The highest BCUT2D eigenvalue weighted by Crippen LogP contribution is 2.24. The first-order valence-electron chi connectivity index (χ1n) is 12.5. The van der Waals surface area contributed by atoms with Crippen LogP contribution in [0.1, 0.15) is 68.3 Å². The Hall–Kier alpha value is -2.86. The van der Waals surface area contributed by atoms with Gasteiger partial charge in [-0.1, -0.05) is 69.1 Å². The number of carbonyl (C=O) groups is 3. The van der Waals surface area contributed by atoms with Crippen LogP contribution in [0.4, 0.5) is 0 Å². The summed E-state index contributed by atoms with van der Waals surface area (Å²) in [6.45, 7) is 7.22. The number of hydrogen-bond acceptors (Lipinski definition) is 3. The Morgan fingerprint density at radius 2 is 1.60 bits per heavy atom. The third-order valence-electron chi connectivity index (χ3n) is 6.95. The predicted octanol–water partition coefficient (Wildman–Crippen LogP) is 4.79. The summed E-state index contributed by atoms with van der Waals surface area (Å²) in [4.78, 5) is 41.0. The molecule has 1 saturated heterocycles. The number of hydrogen-bond donors (Lipinski definition) is 2. The van der Waals surface area contributed by atoms with Gasteiger partial charge in [0.25, 0.3) is 5.91 Å². The van der Waals surface area contributed by atoms with E-state index in [1.807, 2.05) is 56.0 Å². The van der Waals surface area contributed by atoms with Gasteiger partial charge < -0.3 is 15.5 Å². The van der Waals surface area contributed by atoms with Gasteiger partial charge in [-0.05, 0) is 55.0 Å². The zero-order chi connectivity index (χ0) is 25.4. The summed E-state index contributed by atoms with van der Waals surface area (Å²) < 4.78 is 0. The van der Waals surface area contributed by atoms with Gasteiger partial charge in [-0.15, -0.1) is 0 Å². The van der Waals surface area contributed by atoms with E-state index >= 15 is 0 Å². The van der Waals surface area contributed by atoms with Crippen LogP contribution in [0, 0.1) is 5.92 Å². The molecular weight excluding hydrogens is 462 g/mol. The molecule has 1 fully saturated rings. The molecule has 3 rings (SSSR count). The lowest BCUT2D eigenvalue weighted by Crippen LogP contribution is -2.54. The van der Waals surface area contributed by atoms with Crippen molar-refractivity contribution in [3.05, 3.63) is 70.7 Å². The normalized spacial score (nSPS) is 16.7. The zero-order valence-electron chi connectivity index (χ0n) is 20.8. The van der Waals surface area contributed by atoms with Gasteiger partial charge in [0.2, 0.25) is 11.8 Å².